The van der Waals surface area contributed by atoms with Crippen LogP contribution in [0.3, 0.4) is 0 Å². The van der Waals surface area contributed by atoms with Crippen molar-refractivity contribution in [2.75, 3.05) is 0 Å². The molecule has 0 aliphatic rings. The van der Waals surface area contributed by atoms with E-state index in [0.717, 1.165) is 0 Å². The highest BCUT2D eigenvalue weighted by atomic mass is 13.9. The maximum absolute atomic E-state index is 2.12. The molecule has 120 valence electrons. The Bertz CT molecular complexity index is 719. The van der Waals surface area contributed by atoms with Gasteiger partial charge in [0, 0.05) is 0 Å². The van der Waals surface area contributed by atoms with E-state index in [1.165, 1.54) is 21.9 Å². The van der Waals surface area contributed by atoms with E-state index in [4.69, 9.17) is 0 Å². The molecule has 0 fully saturated rings. The summed E-state index contributed by atoms with van der Waals surface area (Å²) in [5.74, 6) is 0. The second kappa shape index (κ2) is 10.0. The lowest BCUT2D eigenvalue weighted by molar-refractivity contribution is 1.34. The van der Waals surface area contributed by atoms with Gasteiger partial charge in [0.25, 0.3) is 0 Å². The molecule has 0 spiro atoms. The van der Waals surface area contributed by atoms with Crippen LogP contribution >= 0.6 is 0 Å². The SMILES string of the molecule is Cc1ccccc1C.c1ccc2ccccc2c1.c1ccccc1. The lowest BCUT2D eigenvalue weighted by Crippen LogP contribution is -1.74. The van der Waals surface area contributed by atoms with E-state index in [0.29, 0.717) is 0 Å². The molecule has 0 atom stereocenters. The number of benzene rings is 4. The molecule has 0 aliphatic heterocycles. The summed E-state index contributed by atoms with van der Waals surface area (Å²) in [6.45, 7) is 4.24. The van der Waals surface area contributed by atoms with Crippen LogP contribution in [0, 0.1) is 13.8 Å². The molecule has 0 heteroatoms. The highest BCUT2D eigenvalue weighted by Gasteiger charge is 1.85. The third kappa shape index (κ3) is 6.10. The molecule has 0 nitrogen and oxygen atoms in total. The first kappa shape index (κ1) is 17.5. The molecule has 0 radical (unpaired) electrons. The summed E-state index contributed by atoms with van der Waals surface area (Å²) in [4.78, 5) is 0. The van der Waals surface area contributed by atoms with Gasteiger partial charge in [-0.1, -0.05) is 109 Å². The van der Waals surface area contributed by atoms with E-state index < -0.39 is 0 Å². The summed E-state index contributed by atoms with van der Waals surface area (Å²) < 4.78 is 0. The third-order valence-electron chi connectivity index (χ3n) is 3.75. The van der Waals surface area contributed by atoms with Crippen molar-refractivity contribution in [3.8, 4) is 0 Å². The Morgan fingerprint density at radius 3 is 0.833 bits per heavy atom. The van der Waals surface area contributed by atoms with Gasteiger partial charge in [-0.15, -0.1) is 0 Å². The van der Waals surface area contributed by atoms with Crippen molar-refractivity contribution in [1.82, 2.24) is 0 Å². The molecule has 0 saturated carbocycles. The van der Waals surface area contributed by atoms with Gasteiger partial charge in [-0.25, -0.2) is 0 Å². The molecular formula is C24H24. The third-order valence-corrected chi connectivity index (χ3v) is 3.75. The van der Waals surface area contributed by atoms with Crippen molar-refractivity contribution >= 4 is 10.8 Å². The Morgan fingerprint density at radius 2 is 0.583 bits per heavy atom. The molecule has 0 amide bonds. The van der Waals surface area contributed by atoms with Gasteiger partial charge in [0.05, 0.1) is 0 Å². The van der Waals surface area contributed by atoms with Crippen molar-refractivity contribution in [3.63, 3.8) is 0 Å². The highest BCUT2D eigenvalue weighted by molar-refractivity contribution is 5.81. The molecule has 0 bridgehead atoms. The van der Waals surface area contributed by atoms with Gasteiger partial charge in [-0.05, 0) is 35.7 Å². The van der Waals surface area contributed by atoms with E-state index in [1.54, 1.807) is 0 Å². The first-order valence-corrected chi connectivity index (χ1v) is 8.23. The van der Waals surface area contributed by atoms with E-state index >= 15 is 0 Å². The second-order valence-electron chi connectivity index (χ2n) is 5.59. The molecule has 4 aromatic carbocycles. The van der Waals surface area contributed by atoms with Crippen LogP contribution in [-0.4, -0.2) is 0 Å². The number of fused-ring (bicyclic) bond motifs is 1. The number of hydrogen-bond acceptors (Lipinski definition) is 0. The normalized spacial score (nSPS) is 9.25. The van der Waals surface area contributed by atoms with Crippen molar-refractivity contribution in [1.29, 1.82) is 0 Å². The summed E-state index contributed by atoms with van der Waals surface area (Å²) in [7, 11) is 0. The average molecular weight is 312 g/mol. The van der Waals surface area contributed by atoms with Crippen molar-refractivity contribution in [2.24, 2.45) is 0 Å². The number of hydrogen-bond donors (Lipinski definition) is 0. The summed E-state index contributed by atoms with van der Waals surface area (Å²) in [6, 6.07) is 37.1. The van der Waals surface area contributed by atoms with Crippen LogP contribution in [0.1, 0.15) is 11.1 Å². The molecule has 0 aromatic heterocycles. The van der Waals surface area contributed by atoms with E-state index in [9.17, 15) is 0 Å². The summed E-state index contributed by atoms with van der Waals surface area (Å²) in [5.41, 5.74) is 2.74. The molecule has 4 rings (SSSR count). The lowest BCUT2D eigenvalue weighted by Gasteiger charge is -1.93. The van der Waals surface area contributed by atoms with Gasteiger partial charge in [-0.2, -0.15) is 0 Å². The quantitative estimate of drug-likeness (QED) is 0.334. The zero-order valence-electron chi connectivity index (χ0n) is 14.4. The lowest BCUT2D eigenvalue weighted by atomic mass is 10.1. The summed E-state index contributed by atoms with van der Waals surface area (Å²) >= 11 is 0. The molecule has 4 aromatic rings. The van der Waals surface area contributed by atoms with Gasteiger partial charge in [0.1, 0.15) is 0 Å². The van der Waals surface area contributed by atoms with Crippen molar-refractivity contribution < 1.29 is 0 Å². The Kier molecular flexibility index (Phi) is 7.30. The first-order chi connectivity index (χ1) is 11.8. The molecule has 0 unspecified atom stereocenters. The van der Waals surface area contributed by atoms with Crippen LogP contribution in [-0.2, 0) is 0 Å². The van der Waals surface area contributed by atoms with Gasteiger partial charge in [-0.3, -0.25) is 0 Å². The van der Waals surface area contributed by atoms with Gasteiger partial charge in [0.15, 0.2) is 0 Å². The fourth-order valence-electron chi connectivity index (χ4n) is 2.18. The van der Waals surface area contributed by atoms with Crippen LogP contribution in [0.15, 0.2) is 109 Å². The Morgan fingerprint density at radius 1 is 0.333 bits per heavy atom. The molecule has 0 aliphatic carbocycles. The first-order valence-electron chi connectivity index (χ1n) is 8.23. The van der Waals surface area contributed by atoms with Crippen LogP contribution in [0.4, 0.5) is 0 Å². The van der Waals surface area contributed by atoms with Crippen LogP contribution in [0.5, 0.6) is 0 Å². The number of aryl methyl sites for hydroxylation is 2. The molecule has 24 heavy (non-hydrogen) atoms. The van der Waals surface area contributed by atoms with E-state index in [2.05, 4.69) is 86.6 Å². The molecule has 0 saturated heterocycles. The predicted molar refractivity (Wildman–Crippen MR) is 106 cm³/mol. The molecule has 0 N–H and O–H groups in total. The van der Waals surface area contributed by atoms with Gasteiger partial charge < -0.3 is 0 Å². The topological polar surface area (TPSA) is 0 Å². The number of rotatable bonds is 0. The molecular weight excluding hydrogens is 288 g/mol. The zero-order valence-corrected chi connectivity index (χ0v) is 14.4. The zero-order chi connectivity index (χ0) is 17.0. The largest absolute Gasteiger partial charge is 0.0623 e. The maximum Gasteiger partial charge on any atom is -0.0184 e. The van der Waals surface area contributed by atoms with Crippen molar-refractivity contribution in [3.05, 3.63) is 120 Å². The smallest absolute Gasteiger partial charge is 0.0184 e. The highest BCUT2D eigenvalue weighted by Crippen LogP contribution is 2.11. The summed E-state index contributed by atoms with van der Waals surface area (Å²) in [5, 5.41) is 2.62. The standard InChI is InChI=1S/C10H8.C8H10.C6H6/c1-2-6-10-8-4-3-7-9(10)5-1;1-7-5-3-4-6-8(7)2;1-2-4-6-5-3-1/h1-8H;3-6H,1-2H3;1-6H. The van der Waals surface area contributed by atoms with Gasteiger partial charge >= 0.3 is 0 Å². The fraction of sp³-hybridized carbons (Fsp3) is 0.0833. The van der Waals surface area contributed by atoms with E-state index in [-0.39, 0.29) is 0 Å². The van der Waals surface area contributed by atoms with Crippen molar-refractivity contribution in [2.45, 2.75) is 13.8 Å². The Balaban J connectivity index is 0.000000135. The average Bonchev–Trinajstić information content (AvgIpc) is 2.67. The maximum atomic E-state index is 2.12. The van der Waals surface area contributed by atoms with Crippen LogP contribution in [0.2, 0.25) is 0 Å². The monoisotopic (exact) mass is 312 g/mol. The van der Waals surface area contributed by atoms with E-state index in [1.807, 2.05) is 36.4 Å². The van der Waals surface area contributed by atoms with Crippen LogP contribution in [0.25, 0.3) is 10.8 Å². The predicted octanol–water partition coefficient (Wildman–Crippen LogP) is 6.83. The minimum Gasteiger partial charge on any atom is -0.0623 e. The van der Waals surface area contributed by atoms with Gasteiger partial charge in [0.2, 0.25) is 0 Å². The second-order valence-corrected chi connectivity index (χ2v) is 5.59. The van der Waals surface area contributed by atoms with Crippen LogP contribution < -0.4 is 0 Å². The Labute approximate surface area is 145 Å². The minimum absolute atomic E-state index is 1.31. The Hall–Kier alpha value is -2.86. The minimum atomic E-state index is 1.31. The molecule has 0 heterocycles. The fourth-order valence-corrected chi connectivity index (χ4v) is 2.18. The summed E-state index contributed by atoms with van der Waals surface area (Å²) in [6.07, 6.45) is 0.